The van der Waals surface area contributed by atoms with Gasteiger partial charge < -0.3 is 10.6 Å². The predicted octanol–water partition coefficient (Wildman–Crippen LogP) is 4.31. The Labute approximate surface area is 148 Å². The Balaban J connectivity index is 2.14. The fourth-order valence-electron chi connectivity index (χ4n) is 3.09. The molecular weight excluding hydrogens is 324 g/mol. The van der Waals surface area contributed by atoms with Gasteiger partial charge in [-0.25, -0.2) is 0 Å². The third kappa shape index (κ3) is 4.84. The van der Waals surface area contributed by atoms with Gasteiger partial charge in [-0.1, -0.05) is 42.7 Å². The fraction of sp³-hybridized carbons (Fsp3) is 0.474. The van der Waals surface area contributed by atoms with Crippen molar-refractivity contribution in [2.45, 2.75) is 52.0 Å². The molecule has 1 fully saturated rings. The molecule has 4 nitrogen and oxygen atoms in total. The van der Waals surface area contributed by atoms with E-state index in [0.717, 1.165) is 24.8 Å². The van der Waals surface area contributed by atoms with Crippen LogP contribution in [-0.4, -0.2) is 17.9 Å². The van der Waals surface area contributed by atoms with Gasteiger partial charge in [-0.05, 0) is 44.4 Å². The highest BCUT2D eigenvalue weighted by molar-refractivity contribution is 6.30. The number of carbonyl (C=O) groups is 2. The average molecular weight is 349 g/mol. The molecule has 5 heteroatoms. The number of carbonyl (C=O) groups excluding carboxylic acids is 2. The van der Waals surface area contributed by atoms with E-state index in [1.165, 1.54) is 0 Å². The highest BCUT2D eigenvalue weighted by atomic mass is 35.5. The van der Waals surface area contributed by atoms with Gasteiger partial charge in [0.15, 0.2) is 0 Å². The van der Waals surface area contributed by atoms with E-state index < -0.39 is 0 Å². The Morgan fingerprint density at radius 2 is 2.25 bits per heavy atom. The Bertz CT molecular complexity index is 628. The van der Waals surface area contributed by atoms with Gasteiger partial charge in [0.2, 0.25) is 11.8 Å². The van der Waals surface area contributed by atoms with E-state index in [1.54, 1.807) is 18.2 Å². The number of allylic oxidation sites excluding steroid dienone is 1. The number of halogens is 1. The Hall–Kier alpha value is -1.81. The van der Waals surface area contributed by atoms with Crippen molar-refractivity contribution in [3.63, 3.8) is 0 Å². The van der Waals surface area contributed by atoms with Crippen LogP contribution in [0.1, 0.15) is 46.0 Å². The van der Waals surface area contributed by atoms with E-state index in [9.17, 15) is 9.59 Å². The molecule has 130 valence electrons. The number of hydrogen-bond donors (Lipinski definition) is 2. The molecule has 0 aromatic heterocycles. The second-order valence-corrected chi connectivity index (χ2v) is 6.59. The van der Waals surface area contributed by atoms with Crippen molar-refractivity contribution in [1.29, 1.82) is 0 Å². The number of benzene rings is 1. The first-order valence-corrected chi connectivity index (χ1v) is 8.93. The predicted molar refractivity (Wildman–Crippen MR) is 98.0 cm³/mol. The first-order valence-electron chi connectivity index (χ1n) is 8.56. The number of unbranched alkanes of at least 4 members (excludes halogenated alkanes) is 1. The fourth-order valence-corrected chi connectivity index (χ4v) is 3.28. The molecule has 1 aromatic rings. The minimum atomic E-state index is -0.260. The lowest BCUT2D eigenvalue weighted by molar-refractivity contribution is -0.127. The van der Waals surface area contributed by atoms with Crippen LogP contribution in [0.25, 0.3) is 0 Å². The quantitative estimate of drug-likeness (QED) is 0.752. The Morgan fingerprint density at radius 1 is 1.46 bits per heavy atom. The summed E-state index contributed by atoms with van der Waals surface area (Å²) in [5.41, 5.74) is 1.81. The van der Waals surface area contributed by atoms with Crippen LogP contribution in [0.2, 0.25) is 5.02 Å². The smallest absolute Gasteiger partial charge is 0.229 e. The van der Waals surface area contributed by atoms with Crippen LogP contribution in [0.3, 0.4) is 0 Å². The van der Waals surface area contributed by atoms with Crippen molar-refractivity contribution in [3.05, 3.63) is 40.9 Å². The lowest BCUT2D eigenvalue weighted by atomic mass is 9.83. The maximum absolute atomic E-state index is 12.8. The summed E-state index contributed by atoms with van der Waals surface area (Å²) in [6.45, 7) is 4.10. The minimum Gasteiger partial charge on any atom is -0.349 e. The zero-order valence-electron chi connectivity index (χ0n) is 14.3. The minimum absolute atomic E-state index is 0.0163. The third-order valence-corrected chi connectivity index (χ3v) is 4.65. The van der Waals surface area contributed by atoms with Gasteiger partial charge in [-0.15, -0.1) is 0 Å². The molecule has 1 unspecified atom stereocenters. The van der Waals surface area contributed by atoms with Crippen LogP contribution < -0.4 is 10.6 Å². The second kappa shape index (κ2) is 8.88. The normalized spacial score (nSPS) is 21.3. The standard InChI is InChI=1S/C19H25ClN2O2/c1-3-5-7-13(4-2)18-16(10-11-17(23)22-18)19(24)21-15-9-6-8-14(20)12-15/h4,6,8-9,12,16,18H,3,5,7,10-11H2,1-2H3,(H,21,24)(H,22,23)/b13-4+/t16?,18-/m1/s1. The Kier molecular flexibility index (Phi) is 6.85. The summed E-state index contributed by atoms with van der Waals surface area (Å²) in [6, 6.07) is 6.89. The number of hydrogen-bond acceptors (Lipinski definition) is 2. The molecule has 2 atom stereocenters. The third-order valence-electron chi connectivity index (χ3n) is 4.42. The molecule has 1 heterocycles. The van der Waals surface area contributed by atoms with Crippen LogP contribution in [0, 0.1) is 5.92 Å². The molecule has 1 saturated heterocycles. The molecule has 2 rings (SSSR count). The highest BCUT2D eigenvalue weighted by Crippen LogP contribution is 2.27. The summed E-state index contributed by atoms with van der Waals surface area (Å²) in [4.78, 5) is 24.6. The van der Waals surface area contributed by atoms with Gasteiger partial charge in [0.25, 0.3) is 0 Å². The van der Waals surface area contributed by atoms with Gasteiger partial charge >= 0.3 is 0 Å². The average Bonchev–Trinajstić information content (AvgIpc) is 2.55. The van der Waals surface area contributed by atoms with Crippen molar-refractivity contribution in [2.75, 3.05) is 5.32 Å². The van der Waals surface area contributed by atoms with Crippen LogP contribution in [0.15, 0.2) is 35.9 Å². The number of anilines is 1. The molecule has 1 aliphatic rings. The first kappa shape index (κ1) is 18.5. The maximum Gasteiger partial charge on any atom is 0.229 e. The molecule has 2 N–H and O–H groups in total. The molecule has 24 heavy (non-hydrogen) atoms. The zero-order valence-corrected chi connectivity index (χ0v) is 15.0. The van der Waals surface area contributed by atoms with Crippen molar-refractivity contribution in [2.24, 2.45) is 5.92 Å². The molecular formula is C19H25ClN2O2. The van der Waals surface area contributed by atoms with Crippen molar-refractivity contribution in [3.8, 4) is 0 Å². The number of rotatable bonds is 6. The lowest BCUT2D eigenvalue weighted by Crippen LogP contribution is -2.50. The van der Waals surface area contributed by atoms with Gasteiger partial charge in [0.1, 0.15) is 0 Å². The van der Waals surface area contributed by atoms with E-state index in [-0.39, 0.29) is 23.8 Å². The van der Waals surface area contributed by atoms with Crippen LogP contribution in [0.4, 0.5) is 5.69 Å². The summed E-state index contributed by atoms with van der Waals surface area (Å²) in [7, 11) is 0. The van der Waals surface area contributed by atoms with Crippen LogP contribution >= 0.6 is 11.6 Å². The maximum atomic E-state index is 12.8. The van der Waals surface area contributed by atoms with E-state index in [4.69, 9.17) is 11.6 Å². The number of piperidine rings is 1. The second-order valence-electron chi connectivity index (χ2n) is 6.16. The molecule has 0 saturated carbocycles. The van der Waals surface area contributed by atoms with Crippen molar-refractivity contribution >= 4 is 29.1 Å². The molecule has 2 amide bonds. The summed E-state index contributed by atoms with van der Waals surface area (Å²) in [6.07, 6.45) is 6.01. The molecule has 1 aromatic carbocycles. The van der Waals surface area contributed by atoms with E-state index in [1.807, 2.05) is 19.1 Å². The van der Waals surface area contributed by atoms with Gasteiger partial charge in [-0.2, -0.15) is 0 Å². The number of nitrogens with one attached hydrogen (secondary N) is 2. The first-order chi connectivity index (χ1) is 11.5. The van der Waals surface area contributed by atoms with Gasteiger partial charge in [0.05, 0.1) is 12.0 Å². The van der Waals surface area contributed by atoms with E-state index in [0.29, 0.717) is 23.6 Å². The molecule has 0 spiro atoms. The van der Waals surface area contributed by atoms with Crippen molar-refractivity contribution < 1.29 is 9.59 Å². The molecule has 1 aliphatic heterocycles. The summed E-state index contributed by atoms with van der Waals surface area (Å²) in [5.74, 6) is -0.314. The van der Waals surface area contributed by atoms with Crippen LogP contribution in [-0.2, 0) is 9.59 Å². The van der Waals surface area contributed by atoms with Crippen LogP contribution in [0.5, 0.6) is 0 Å². The highest BCUT2D eigenvalue weighted by Gasteiger charge is 2.35. The van der Waals surface area contributed by atoms with Gasteiger partial charge in [0, 0.05) is 17.1 Å². The van der Waals surface area contributed by atoms with Gasteiger partial charge in [-0.3, -0.25) is 9.59 Å². The molecule has 0 radical (unpaired) electrons. The van der Waals surface area contributed by atoms with Crippen molar-refractivity contribution in [1.82, 2.24) is 5.32 Å². The monoisotopic (exact) mass is 348 g/mol. The topological polar surface area (TPSA) is 58.2 Å². The van der Waals surface area contributed by atoms with E-state index >= 15 is 0 Å². The SMILES string of the molecule is C/C=C(\CCCC)[C@H]1NC(=O)CCC1C(=O)Nc1cccc(Cl)c1. The summed E-state index contributed by atoms with van der Waals surface area (Å²) in [5, 5.41) is 6.52. The number of amides is 2. The largest absolute Gasteiger partial charge is 0.349 e. The summed E-state index contributed by atoms with van der Waals surface area (Å²) < 4.78 is 0. The zero-order chi connectivity index (χ0) is 17.5. The Morgan fingerprint density at radius 3 is 2.92 bits per heavy atom. The van der Waals surface area contributed by atoms with E-state index in [2.05, 4.69) is 17.6 Å². The molecule has 0 aliphatic carbocycles. The summed E-state index contributed by atoms with van der Waals surface area (Å²) >= 11 is 5.97. The lowest BCUT2D eigenvalue weighted by Gasteiger charge is -2.33. The molecule has 0 bridgehead atoms.